The molecule has 1 fully saturated rings. The van der Waals surface area contributed by atoms with E-state index in [0.29, 0.717) is 36.4 Å². The highest BCUT2D eigenvalue weighted by molar-refractivity contribution is 7.13. The van der Waals surface area contributed by atoms with E-state index in [1.165, 1.54) is 0 Å². The molecule has 0 bridgehead atoms. The van der Waals surface area contributed by atoms with E-state index in [9.17, 15) is 4.79 Å². The molecule has 0 saturated carbocycles. The Labute approximate surface area is 153 Å². The van der Waals surface area contributed by atoms with Crippen molar-refractivity contribution in [2.75, 3.05) is 13.1 Å². The second-order valence-corrected chi connectivity index (χ2v) is 7.20. The van der Waals surface area contributed by atoms with E-state index in [0.717, 1.165) is 10.4 Å². The molecular weight excluding hydrogens is 360 g/mol. The van der Waals surface area contributed by atoms with Crippen molar-refractivity contribution in [3.63, 3.8) is 0 Å². The van der Waals surface area contributed by atoms with Crippen LogP contribution in [0.1, 0.15) is 17.4 Å². The van der Waals surface area contributed by atoms with Crippen molar-refractivity contribution in [1.29, 1.82) is 0 Å². The number of nitrogens with one attached hydrogen (secondary N) is 1. The second-order valence-electron chi connectivity index (χ2n) is 5.82. The molecule has 1 aliphatic rings. The minimum Gasteiger partial charge on any atom is -0.339 e. The number of carbonyl (C=O) groups excluding carboxylic acids is 1. The lowest BCUT2D eigenvalue weighted by atomic mass is 10.0. The Hall–Kier alpha value is -2.38. The average Bonchev–Trinajstić information content (AvgIpc) is 3.24. The van der Waals surface area contributed by atoms with Crippen LogP contribution in [0.4, 0.5) is 4.79 Å². The number of amides is 2. The molecule has 1 saturated heterocycles. The lowest BCUT2D eigenvalue weighted by Gasteiger charge is -2.36. The van der Waals surface area contributed by atoms with Crippen LogP contribution in [0.15, 0.2) is 46.3 Å². The highest BCUT2D eigenvalue weighted by atomic mass is 35.5. The van der Waals surface area contributed by atoms with Gasteiger partial charge in [0, 0.05) is 24.7 Å². The first-order valence-electron chi connectivity index (χ1n) is 7.84. The monoisotopic (exact) mass is 374 g/mol. The Morgan fingerprint density at radius 2 is 2.12 bits per heavy atom. The number of nitrogens with zero attached hydrogens (tertiary/aromatic N) is 3. The summed E-state index contributed by atoms with van der Waals surface area (Å²) in [5.74, 6) is 1.29. The zero-order chi connectivity index (χ0) is 17.2. The summed E-state index contributed by atoms with van der Waals surface area (Å²) in [5, 5.41) is 9.56. The van der Waals surface area contributed by atoms with Gasteiger partial charge in [0.05, 0.1) is 10.8 Å². The number of urea groups is 1. The van der Waals surface area contributed by atoms with Crippen LogP contribution in [0, 0.1) is 0 Å². The molecule has 128 valence electrons. The number of halogens is 1. The Morgan fingerprint density at radius 1 is 1.32 bits per heavy atom. The van der Waals surface area contributed by atoms with E-state index in [4.69, 9.17) is 16.1 Å². The molecule has 0 aliphatic carbocycles. The van der Waals surface area contributed by atoms with Gasteiger partial charge in [-0.2, -0.15) is 4.98 Å². The SMILES string of the molecule is O=C(NCc1ccc(Cl)cc1)N1CC(c2nc(-c3cccs3)no2)C1. The quantitative estimate of drug-likeness (QED) is 0.754. The zero-order valence-electron chi connectivity index (χ0n) is 13.2. The number of hydrogen-bond donors (Lipinski definition) is 1. The molecule has 0 spiro atoms. The van der Waals surface area contributed by atoms with E-state index < -0.39 is 0 Å². The molecule has 2 amide bonds. The fourth-order valence-corrected chi connectivity index (χ4v) is 3.37. The molecule has 4 rings (SSSR count). The Kier molecular flexibility index (Phi) is 4.42. The van der Waals surface area contributed by atoms with Crippen molar-refractivity contribution < 1.29 is 9.32 Å². The largest absolute Gasteiger partial charge is 0.339 e. The van der Waals surface area contributed by atoms with Crippen LogP contribution in [-0.2, 0) is 6.54 Å². The summed E-state index contributed by atoms with van der Waals surface area (Å²) < 4.78 is 5.34. The molecule has 1 aromatic carbocycles. The minimum atomic E-state index is -0.0933. The van der Waals surface area contributed by atoms with Crippen molar-refractivity contribution in [1.82, 2.24) is 20.4 Å². The van der Waals surface area contributed by atoms with Gasteiger partial charge in [0.25, 0.3) is 0 Å². The average molecular weight is 375 g/mol. The third-order valence-electron chi connectivity index (χ3n) is 4.06. The summed E-state index contributed by atoms with van der Waals surface area (Å²) >= 11 is 7.42. The van der Waals surface area contributed by atoms with Crippen LogP contribution in [0.3, 0.4) is 0 Å². The van der Waals surface area contributed by atoms with Crippen LogP contribution in [0.2, 0.25) is 5.02 Å². The summed E-state index contributed by atoms with van der Waals surface area (Å²) in [5.41, 5.74) is 1.01. The van der Waals surface area contributed by atoms with Gasteiger partial charge in [-0.3, -0.25) is 0 Å². The normalized spacial score (nSPS) is 14.4. The van der Waals surface area contributed by atoms with Gasteiger partial charge in [-0.05, 0) is 29.1 Å². The molecule has 6 nitrogen and oxygen atoms in total. The summed E-state index contributed by atoms with van der Waals surface area (Å²) in [4.78, 5) is 19.3. The van der Waals surface area contributed by atoms with Gasteiger partial charge in [0.1, 0.15) is 0 Å². The van der Waals surface area contributed by atoms with Crippen molar-refractivity contribution in [3.05, 3.63) is 58.3 Å². The fourth-order valence-electron chi connectivity index (χ4n) is 2.60. The van der Waals surface area contributed by atoms with Crippen LogP contribution in [0.5, 0.6) is 0 Å². The number of aromatic nitrogens is 2. The molecule has 1 aliphatic heterocycles. The molecule has 8 heteroatoms. The van der Waals surface area contributed by atoms with Crippen LogP contribution < -0.4 is 5.32 Å². The summed E-state index contributed by atoms with van der Waals surface area (Å²) in [6.07, 6.45) is 0. The Morgan fingerprint density at radius 3 is 2.84 bits per heavy atom. The van der Waals surface area contributed by atoms with Gasteiger partial charge in [-0.1, -0.05) is 35.0 Å². The molecule has 0 radical (unpaired) electrons. The van der Waals surface area contributed by atoms with Gasteiger partial charge >= 0.3 is 6.03 Å². The third kappa shape index (κ3) is 3.52. The molecule has 0 atom stereocenters. The van der Waals surface area contributed by atoms with Crippen molar-refractivity contribution in [2.45, 2.75) is 12.5 Å². The number of rotatable bonds is 4. The van der Waals surface area contributed by atoms with E-state index >= 15 is 0 Å². The second kappa shape index (κ2) is 6.85. The van der Waals surface area contributed by atoms with E-state index in [2.05, 4.69) is 15.5 Å². The molecule has 1 N–H and O–H groups in total. The summed E-state index contributed by atoms with van der Waals surface area (Å²) in [7, 11) is 0. The summed E-state index contributed by atoms with van der Waals surface area (Å²) in [6, 6.07) is 11.2. The lowest BCUT2D eigenvalue weighted by Crippen LogP contribution is -2.52. The minimum absolute atomic E-state index is 0.0933. The van der Waals surface area contributed by atoms with Crippen LogP contribution in [-0.4, -0.2) is 34.2 Å². The fraction of sp³-hybridized carbons (Fsp3) is 0.235. The van der Waals surface area contributed by atoms with Crippen LogP contribution in [0.25, 0.3) is 10.7 Å². The van der Waals surface area contributed by atoms with E-state index in [-0.39, 0.29) is 11.9 Å². The van der Waals surface area contributed by atoms with Crippen molar-refractivity contribution in [3.8, 4) is 10.7 Å². The maximum Gasteiger partial charge on any atom is 0.317 e. The highest BCUT2D eigenvalue weighted by Gasteiger charge is 2.35. The maximum atomic E-state index is 12.2. The van der Waals surface area contributed by atoms with Gasteiger partial charge in [-0.15, -0.1) is 11.3 Å². The Bertz CT molecular complexity index is 857. The molecular formula is C17H15ClN4O2S. The number of thiophene rings is 1. The molecule has 2 aromatic heterocycles. The van der Waals surface area contributed by atoms with Crippen molar-refractivity contribution >= 4 is 29.0 Å². The number of likely N-dealkylation sites (tertiary alicyclic amines) is 1. The van der Waals surface area contributed by atoms with E-state index in [1.54, 1.807) is 16.2 Å². The first-order chi connectivity index (χ1) is 12.2. The molecule has 25 heavy (non-hydrogen) atoms. The molecule has 3 heterocycles. The highest BCUT2D eigenvalue weighted by Crippen LogP contribution is 2.28. The zero-order valence-corrected chi connectivity index (χ0v) is 14.8. The predicted octanol–water partition coefficient (Wildman–Crippen LogP) is 3.76. The van der Waals surface area contributed by atoms with Gasteiger partial charge < -0.3 is 14.7 Å². The van der Waals surface area contributed by atoms with Gasteiger partial charge in [-0.25, -0.2) is 4.79 Å². The van der Waals surface area contributed by atoms with Crippen LogP contribution >= 0.6 is 22.9 Å². The molecule has 3 aromatic rings. The first-order valence-corrected chi connectivity index (χ1v) is 9.09. The van der Waals surface area contributed by atoms with E-state index in [1.807, 2.05) is 41.8 Å². The maximum absolute atomic E-state index is 12.2. The van der Waals surface area contributed by atoms with Gasteiger partial charge in [0.2, 0.25) is 11.7 Å². The topological polar surface area (TPSA) is 71.3 Å². The Balaban J connectivity index is 1.28. The number of benzene rings is 1. The molecule has 0 unspecified atom stereocenters. The summed E-state index contributed by atoms with van der Waals surface area (Å²) in [6.45, 7) is 1.64. The predicted molar refractivity (Wildman–Crippen MR) is 95.6 cm³/mol. The number of hydrogen-bond acceptors (Lipinski definition) is 5. The number of carbonyl (C=O) groups is 1. The third-order valence-corrected chi connectivity index (χ3v) is 5.18. The first kappa shape index (κ1) is 16.1. The smallest absolute Gasteiger partial charge is 0.317 e. The lowest BCUT2D eigenvalue weighted by molar-refractivity contribution is 0.136. The van der Waals surface area contributed by atoms with Gasteiger partial charge in [0.15, 0.2) is 0 Å². The van der Waals surface area contributed by atoms with Crippen molar-refractivity contribution in [2.24, 2.45) is 0 Å². The standard InChI is InChI=1S/C17H15ClN4O2S/c18-13-5-3-11(4-6-13)8-19-17(23)22-9-12(10-22)16-20-15(21-24-16)14-2-1-7-25-14/h1-7,12H,8-10H2,(H,19,23).